The zero-order valence-electron chi connectivity index (χ0n) is 10.1. The molecule has 2 rings (SSSR count). The van der Waals surface area contributed by atoms with Gasteiger partial charge >= 0.3 is 7.12 Å². The molecule has 2 saturated heterocycles. The van der Waals surface area contributed by atoms with Crippen LogP contribution in [0.2, 0.25) is 0 Å². The Labute approximate surface area is 100 Å². The van der Waals surface area contributed by atoms with E-state index in [4.69, 9.17) is 29.0 Å². The Bertz CT molecular complexity index is 305. The molecule has 7 heteroatoms. The summed E-state index contributed by atoms with van der Waals surface area (Å²) in [5, 5.41) is 17.6. The molecule has 2 heterocycles. The summed E-state index contributed by atoms with van der Waals surface area (Å²) in [6.45, 7) is 3.64. The second-order valence-corrected chi connectivity index (χ2v) is 4.57. The van der Waals surface area contributed by atoms with Crippen molar-refractivity contribution in [3.8, 4) is 0 Å². The molecule has 2 N–H and O–H groups in total. The number of methoxy groups -OCH3 is 1. The first-order valence-electron chi connectivity index (χ1n) is 5.51. The van der Waals surface area contributed by atoms with Gasteiger partial charge in [-0.25, -0.2) is 0 Å². The second-order valence-electron chi connectivity index (χ2n) is 4.57. The summed E-state index contributed by atoms with van der Waals surface area (Å²) in [4.78, 5) is 0. The van der Waals surface area contributed by atoms with E-state index < -0.39 is 25.3 Å². The van der Waals surface area contributed by atoms with E-state index in [1.807, 2.05) is 13.8 Å². The number of rotatable bonds is 3. The standard InChI is InChI=1S/C10H17BO6/c1-10(2)16-7-6(4-5-11(12)13)15-9(14-3)8(7)17-10/h4-9,12-13H,1-3H3/b5-4-/t6-,7-,8-,9-/m1/s1. The van der Waals surface area contributed by atoms with Gasteiger partial charge in [0.15, 0.2) is 12.1 Å². The molecule has 6 nitrogen and oxygen atoms in total. The quantitative estimate of drug-likeness (QED) is 0.648. The van der Waals surface area contributed by atoms with Gasteiger partial charge in [-0.2, -0.15) is 0 Å². The van der Waals surface area contributed by atoms with Gasteiger partial charge in [0.1, 0.15) is 18.3 Å². The lowest BCUT2D eigenvalue weighted by molar-refractivity contribution is -0.221. The molecule has 4 atom stereocenters. The van der Waals surface area contributed by atoms with E-state index in [1.54, 1.807) is 6.08 Å². The maximum absolute atomic E-state index is 8.79. The van der Waals surface area contributed by atoms with Crippen molar-refractivity contribution in [3.05, 3.63) is 12.1 Å². The van der Waals surface area contributed by atoms with Crippen LogP contribution < -0.4 is 0 Å². The largest absolute Gasteiger partial charge is 0.480 e. The van der Waals surface area contributed by atoms with E-state index >= 15 is 0 Å². The van der Waals surface area contributed by atoms with Gasteiger partial charge in [0, 0.05) is 7.11 Å². The molecule has 2 fully saturated rings. The molecule has 0 unspecified atom stereocenters. The smallest absolute Gasteiger partial charge is 0.424 e. The molecule has 2 aliphatic heterocycles. The molecule has 96 valence electrons. The normalized spacial score (nSPS) is 39.8. The SMILES string of the molecule is CO[C@@H]1O[C@H](/C=C\B(O)O)[C@H]2OC(C)(C)O[C@@H]12. The van der Waals surface area contributed by atoms with Crippen molar-refractivity contribution in [3.63, 3.8) is 0 Å². The lowest BCUT2D eigenvalue weighted by atomic mass is 9.90. The molecule has 0 aromatic carbocycles. The Hall–Kier alpha value is -0.435. The molecule has 0 amide bonds. The van der Waals surface area contributed by atoms with Gasteiger partial charge in [0.05, 0.1) is 0 Å². The van der Waals surface area contributed by atoms with E-state index in [2.05, 4.69) is 0 Å². The summed E-state index contributed by atoms with van der Waals surface area (Å²) in [6.07, 6.45) is 0.0257. The molecule has 0 aliphatic carbocycles. The van der Waals surface area contributed by atoms with Crippen LogP contribution in [0.4, 0.5) is 0 Å². The molecule has 0 radical (unpaired) electrons. The maximum atomic E-state index is 8.79. The Kier molecular flexibility index (Phi) is 3.58. The van der Waals surface area contributed by atoms with Gasteiger partial charge < -0.3 is 29.0 Å². The zero-order valence-corrected chi connectivity index (χ0v) is 10.1. The average molecular weight is 244 g/mol. The van der Waals surface area contributed by atoms with Crippen LogP contribution >= 0.6 is 0 Å². The van der Waals surface area contributed by atoms with Gasteiger partial charge in [-0.15, -0.1) is 0 Å². The highest BCUT2D eigenvalue weighted by Gasteiger charge is 2.54. The van der Waals surface area contributed by atoms with Crippen LogP contribution in [0, 0.1) is 0 Å². The van der Waals surface area contributed by atoms with Crippen molar-refractivity contribution in [2.75, 3.05) is 7.11 Å². The first-order chi connectivity index (χ1) is 7.93. The van der Waals surface area contributed by atoms with Crippen molar-refractivity contribution < 1.29 is 29.0 Å². The summed E-state index contributed by atoms with van der Waals surface area (Å²) in [5.41, 5.74) is 0. The Morgan fingerprint density at radius 3 is 2.47 bits per heavy atom. The van der Waals surface area contributed by atoms with Crippen molar-refractivity contribution in [1.82, 2.24) is 0 Å². The van der Waals surface area contributed by atoms with Crippen molar-refractivity contribution in [1.29, 1.82) is 0 Å². The van der Waals surface area contributed by atoms with Gasteiger partial charge in [-0.1, -0.05) is 12.1 Å². The number of hydrogen-bond acceptors (Lipinski definition) is 6. The van der Waals surface area contributed by atoms with Crippen molar-refractivity contribution in [2.45, 2.75) is 44.2 Å². The minimum absolute atomic E-state index is 0.301. The summed E-state index contributed by atoms with van der Waals surface area (Å²) in [5.74, 6) is 0.550. The number of hydrogen-bond donors (Lipinski definition) is 2. The summed E-state index contributed by atoms with van der Waals surface area (Å²) in [6, 6.07) is 0. The summed E-state index contributed by atoms with van der Waals surface area (Å²) >= 11 is 0. The van der Waals surface area contributed by atoms with Gasteiger partial charge in [0.2, 0.25) is 0 Å². The highest BCUT2D eigenvalue weighted by Crippen LogP contribution is 2.39. The van der Waals surface area contributed by atoms with Crippen LogP contribution in [0.15, 0.2) is 12.1 Å². The third kappa shape index (κ3) is 2.70. The highest BCUT2D eigenvalue weighted by molar-refractivity contribution is 6.47. The van der Waals surface area contributed by atoms with E-state index in [0.717, 1.165) is 0 Å². The maximum Gasteiger partial charge on any atom is 0.480 e. The minimum Gasteiger partial charge on any atom is -0.424 e. The second kappa shape index (κ2) is 4.68. The van der Waals surface area contributed by atoms with Crippen LogP contribution in [0.3, 0.4) is 0 Å². The Balaban J connectivity index is 2.10. The highest BCUT2D eigenvalue weighted by atomic mass is 16.8. The fourth-order valence-corrected chi connectivity index (χ4v) is 2.14. The Morgan fingerprint density at radius 2 is 1.88 bits per heavy atom. The molecule has 17 heavy (non-hydrogen) atoms. The van der Waals surface area contributed by atoms with Crippen LogP contribution in [0.1, 0.15) is 13.8 Å². The summed E-state index contributed by atoms with van der Waals surface area (Å²) < 4.78 is 22.1. The lowest BCUT2D eigenvalue weighted by Crippen LogP contribution is -2.30. The van der Waals surface area contributed by atoms with E-state index in [9.17, 15) is 0 Å². The average Bonchev–Trinajstić information content (AvgIpc) is 2.68. The lowest BCUT2D eigenvalue weighted by Gasteiger charge is -2.22. The van der Waals surface area contributed by atoms with E-state index in [0.29, 0.717) is 0 Å². The molecule has 0 saturated carbocycles. The van der Waals surface area contributed by atoms with Gasteiger partial charge in [0.25, 0.3) is 0 Å². The van der Waals surface area contributed by atoms with Crippen molar-refractivity contribution >= 4 is 7.12 Å². The molecule has 2 aliphatic rings. The first-order valence-corrected chi connectivity index (χ1v) is 5.51. The third-order valence-electron chi connectivity index (χ3n) is 2.75. The fourth-order valence-electron chi connectivity index (χ4n) is 2.14. The van der Waals surface area contributed by atoms with Crippen LogP contribution in [0.25, 0.3) is 0 Å². The van der Waals surface area contributed by atoms with Crippen molar-refractivity contribution in [2.24, 2.45) is 0 Å². The van der Waals surface area contributed by atoms with Gasteiger partial charge in [-0.05, 0) is 13.8 Å². The Morgan fingerprint density at radius 1 is 1.24 bits per heavy atom. The molecule has 0 bridgehead atoms. The van der Waals surface area contributed by atoms with Crippen LogP contribution in [-0.2, 0) is 18.9 Å². The molecular weight excluding hydrogens is 227 g/mol. The van der Waals surface area contributed by atoms with Crippen LogP contribution in [0.5, 0.6) is 0 Å². The predicted molar refractivity (Wildman–Crippen MR) is 58.8 cm³/mol. The third-order valence-corrected chi connectivity index (χ3v) is 2.75. The fraction of sp³-hybridized carbons (Fsp3) is 0.800. The zero-order chi connectivity index (χ0) is 12.6. The molecule has 0 spiro atoms. The minimum atomic E-state index is -1.51. The monoisotopic (exact) mass is 244 g/mol. The molecule has 0 aromatic heterocycles. The topological polar surface area (TPSA) is 77.4 Å². The predicted octanol–water partition coefficient (Wildman–Crippen LogP) is -0.554. The number of fused-ring (bicyclic) bond motifs is 1. The van der Waals surface area contributed by atoms with E-state index in [1.165, 1.54) is 13.1 Å². The molecule has 0 aromatic rings. The van der Waals surface area contributed by atoms with E-state index in [-0.39, 0.29) is 12.2 Å². The van der Waals surface area contributed by atoms with Crippen LogP contribution in [-0.4, -0.2) is 54.7 Å². The molecular formula is C10H17BO6. The first kappa shape index (κ1) is 13.0. The summed E-state index contributed by atoms with van der Waals surface area (Å²) in [7, 11) is 0.0256. The van der Waals surface area contributed by atoms with Gasteiger partial charge in [-0.3, -0.25) is 0 Å². The number of ether oxygens (including phenoxy) is 4.